The van der Waals surface area contributed by atoms with Gasteiger partial charge in [-0.25, -0.2) is 5.01 Å². The summed E-state index contributed by atoms with van der Waals surface area (Å²) in [6, 6.07) is 1.85. The number of primary amides is 1. The first-order valence-electron chi connectivity index (χ1n) is 6.78. The first-order chi connectivity index (χ1) is 9.08. The fourth-order valence-electron chi connectivity index (χ4n) is 2.52. The highest BCUT2D eigenvalue weighted by molar-refractivity contribution is 5.92. The van der Waals surface area contributed by atoms with Crippen LogP contribution in [0.2, 0.25) is 0 Å². The molecule has 2 saturated heterocycles. The Kier molecular flexibility index (Phi) is 4.50. The summed E-state index contributed by atoms with van der Waals surface area (Å²) in [4.78, 5) is 14.6. The third kappa shape index (κ3) is 3.52. The summed E-state index contributed by atoms with van der Waals surface area (Å²) in [6.45, 7) is 7.56. The lowest BCUT2D eigenvalue weighted by Crippen LogP contribution is -2.40. The van der Waals surface area contributed by atoms with E-state index in [9.17, 15) is 4.79 Å². The number of fused-ring (bicyclic) bond motifs is 2. The van der Waals surface area contributed by atoms with E-state index in [1.807, 2.05) is 19.9 Å². The predicted molar refractivity (Wildman–Crippen MR) is 74.5 cm³/mol. The number of nitrogens with zero attached hydrogens (tertiary/aromatic N) is 2. The highest BCUT2D eigenvalue weighted by Crippen LogP contribution is 2.20. The zero-order valence-corrected chi connectivity index (χ0v) is 11.6. The normalized spacial score (nSPS) is 24.5. The third-order valence-corrected chi connectivity index (χ3v) is 3.88. The molecule has 19 heavy (non-hydrogen) atoms. The molecule has 2 fully saturated rings. The number of amides is 1. The minimum Gasteiger partial charge on any atom is -0.364 e. The van der Waals surface area contributed by atoms with Crippen molar-refractivity contribution >= 4 is 5.91 Å². The number of rotatable bonds is 1. The van der Waals surface area contributed by atoms with Gasteiger partial charge in [0.1, 0.15) is 5.69 Å². The van der Waals surface area contributed by atoms with E-state index in [0.29, 0.717) is 5.69 Å². The number of carbonyl (C=O) groups excluding carboxylic acids is 1. The maximum Gasteiger partial charge on any atom is 0.267 e. The molecule has 1 aromatic heterocycles. The Hall–Kier alpha value is -1.46. The zero-order valence-electron chi connectivity index (χ0n) is 11.6. The van der Waals surface area contributed by atoms with Crippen molar-refractivity contribution in [3.63, 3.8) is 0 Å². The Morgan fingerprint density at radius 3 is 2.84 bits per heavy atom. The lowest BCUT2D eigenvalue weighted by Gasteiger charge is -2.22. The summed E-state index contributed by atoms with van der Waals surface area (Å²) in [5.41, 5.74) is 10.7. The van der Waals surface area contributed by atoms with Crippen LogP contribution in [0.3, 0.4) is 0 Å². The van der Waals surface area contributed by atoms with Crippen molar-refractivity contribution in [1.82, 2.24) is 15.4 Å². The Bertz CT molecular complexity index is 447. The van der Waals surface area contributed by atoms with Gasteiger partial charge in [-0.15, -0.1) is 0 Å². The predicted octanol–water partition coefficient (Wildman–Crippen LogP) is 1.01. The van der Waals surface area contributed by atoms with Gasteiger partial charge in [-0.05, 0) is 49.8 Å². The molecule has 0 radical (unpaired) electrons. The molecule has 0 spiro atoms. The fraction of sp³-hybridized carbons (Fsp3) is 0.571. The molecule has 0 aromatic carbocycles. The SMILES string of the molecule is C1CC2CCN(C2)N1.Cc1ccnc(C(N)=O)c1C. The van der Waals surface area contributed by atoms with Gasteiger partial charge in [0.05, 0.1) is 0 Å². The number of hydrogen-bond donors (Lipinski definition) is 2. The van der Waals surface area contributed by atoms with Crippen LogP contribution in [0.1, 0.15) is 34.5 Å². The van der Waals surface area contributed by atoms with E-state index in [-0.39, 0.29) is 0 Å². The van der Waals surface area contributed by atoms with Crippen LogP contribution in [0.25, 0.3) is 0 Å². The van der Waals surface area contributed by atoms with Crippen molar-refractivity contribution in [1.29, 1.82) is 0 Å². The van der Waals surface area contributed by atoms with Gasteiger partial charge >= 0.3 is 0 Å². The van der Waals surface area contributed by atoms with Crippen LogP contribution in [-0.4, -0.2) is 35.5 Å². The van der Waals surface area contributed by atoms with Crippen molar-refractivity contribution in [3.05, 3.63) is 29.1 Å². The quantitative estimate of drug-likeness (QED) is 0.792. The van der Waals surface area contributed by atoms with E-state index in [1.54, 1.807) is 6.20 Å². The lowest BCUT2D eigenvalue weighted by atomic mass is 10.1. The van der Waals surface area contributed by atoms with E-state index in [4.69, 9.17) is 5.73 Å². The van der Waals surface area contributed by atoms with Gasteiger partial charge < -0.3 is 5.73 Å². The number of aromatic nitrogens is 1. The van der Waals surface area contributed by atoms with Crippen LogP contribution in [0, 0.1) is 19.8 Å². The van der Waals surface area contributed by atoms with E-state index >= 15 is 0 Å². The summed E-state index contributed by atoms with van der Waals surface area (Å²) in [5, 5.41) is 2.34. The van der Waals surface area contributed by atoms with Crippen LogP contribution in [0.5, 0.6) is 0 Å². The highest BCUT2D eigenvalue weighted by Gasteiger charge is 2.25. The maximum absolute atomic E-state index is 10.7. The molecule has 0 aliphatic carbocycles. The highest BCUT2D eigenvalue weighted by atomic mass is 16.1. The fourth-order valence-corrected chi connectivity index (χ4v) is 2.52. The minimum absolute atomic E-state index is 0.366. The molecular formula is C14H22N4O. The summed E-state index contributed by atoms with van der Waals surface area (Å²) >= 11 is 0. The van der Waals surface area contributed by atoms with Crippen LogP contribution in [-0.2, 0) is 0 Å². The Morgan fingerprint density at radius 1 is 1.47 bits per heavy atom. The summed E-state index contributed by atoms with van der Waals surface area (Å²) < 4.78 is 0. The Morgan fingerprint density at radius 2 is 2.26 bits per heavy atom. The molecule has 3 heterocycles. The molecule has 5 heteroatoms. The van der Waals surface area contributed by atoms with Gasteiger partial charge in [-0.2, -0.15) is 0 Å². The molecular weight excluding hydrogens is 240 g/mol. The van der Waals surface area contributed by atoms with Crippen LogP contribution in [0.4, 0.5) is 0 Å². The molecule has 5 nitrogen and oxygen atoms in total. The van der Waals surface area contributed by atoms with Gasteiger partial charge in [0.2, 0.25) is 0 Å². The molecule has 3 N–H and O–H groups in total. The summed E-state index contributed by atoms with van der Waals surface area (Å²) in [7, 11) is 0. The topological polar surface area (TPSA) is 71.2 Å². The Labute approximate surface area is 114 Å². The second kappa shape index (κ2) is 6.12. The number of aryl methyl sites for hydroxylation is 1. The number of hydrazine groups is 1. The second-order valence-electron chi connectivity index (χ2n) is 5.26. The summed E-state index contributed by atoms with van der Waals surface area (Å²) in [6.07, 6.45) is 4.41. The minimum atomic E-state index is -0.466. The molecule has 2 unspecified atom stereocenters. The molecule has 104 valence electrons. The number of nitrogens with one attached hydrogen (secondary N) is 1. The number of hydrogen-bond acceptors (Lipinski definition) is 4. The van der Waals surface area contributed by atoms with E-state index in [1.165, 1.54) is 32.5 Å². The van der Waals surface area contributed by atoms with Gasteiger partial charge in [-0.3, -0.25) is 15.2 Å². The second-order valence-corrected chi connectivity index (χ2v) is 5.26. The van der Waals surface area contributed by atoms with Crippen molar-refractivity contribution in [2.45, 2.75) is 26.7 Å². The van der Waals surface area contributed by atoms with E-state index in [2.05, 4.69) is 15.4 Å². The van der Waals surface area contributed by atoms with E-state index in [0.717, 1.165) is 17.0 Å². The van der Waals surface area contributed by atoms with Crippen LogP contribution < -0.4 is 11.2 Å². The average molecular weight is 262 g/mol. The zero-order chi connectivity index (χ0) is 13.8. The largest absolute Gasteiger partial charge is 0.364 e. The van der Waals surface area contributed by atoms with Crippen LogP contribution >= 0.6 is 0 Å². The number of pyridine rings is 1. The molecule has 1 amide bonds. The van der Waals surface area contributed by atoms with Crippen molar-refractivity contribution in [2.75, 3.05) is 19.6 Å². The lowest BCUT2D eigenvalue weighted by molar-refractivity contribution is 0.0995. The van der Waals surface area contributed by atoms with Crippen molar-refractivity contribution in [2.24, 2.45) is 11.7 Å². The van der Waals surface area contributed by atoms with Crippen LogP contribution in [0.15, 0.2) is 12.3 Å². The van der Waals surface area contributed by atoms with Gasteiger partial charge in [0.25, 0.3) is 5.91 Å². The average Bonchev–Trinajstić information content (AvgIpc) is 2.72. The number of nitrogens with two attached hydrogens (primary N) is 1. The van der Waals surface area contributed by atoms with Gasteiger partial charge in [-0.1, -0.05) is 0 Å². The van der Waals surface area contributed by atoms with Crippen molar-refractivity contribution < 1.29 is 4.79 Å². The molecule has 1 aromatic rings. The van der Waals surface area contributed by atoms with E-state index < -0.39 is 5.91 Å². The molecule has 2 atom stereocenters. The smallest absolute Gasteiger partial charge is 0.267 e. The Balaban J connectivity index is 0.000000146. The molecule has 2 bridgehead atoms. The third-order valence-electron chi connectivity index (χ3n) is 3.88. The standard InChI is InChI=1S/C8H10N2O.C6H12N2/c1-5-3-4-10-7(6(5)2)8(9)11;1-3-7-8-4-2-6(1)5-8/h3-4H,1-2H3,(H2,9,11);6-7H,1-5H2. The van der Waals surface area contributed by atoms with Crippen molar-refractivity contribution in [3.8, 4) is 0 Å². The first-order valence-corrected chi connectivity index (χ1v) is 6.78. The molecule has 2 aliphatic rings. The van der Waals surface area contributed by atoms with Gasteiger partial charge in [0.15, 0.2) is 0 Å². The maximum atomic E-state index is 10.7. The molecule has 3 rings (SSSR count). The molecule has 0 saturated carbocycles. The van der Waals surface area contributed by atoms with Gasteiger partial charge in [0, 0.05) is 25.8 Å². The number of carbonyl (C=O) groups is 1. The monoisotopic (exact) mass is 262 g/mol. The molecule has 2 aliphatic heterocycles. The first kappa shape index (κ1) is 14.0. The summed E-state index contributed by atoms with van der Waals surface area (Å²) in [5.74, 6) is 0.558.